The lowest BCUT2D eigenvalue weighted by Gasteiger charge is -2.07. The van der Waals surface area contributed by atoms with Crippen LogP contribution in [0.5, 0.6) is 5.75 Å². The van der Waals surface area contributed by atoms with Crippen molar-refractivity contribution in [1.29, 1.82) is 0 Å². The maximum absolute atomic E-state index is 11.8. The Morgan fingerprint density at radius 3 is 2.48 bits per heavy atom. The third kappa shape index (κ3) is 4.92. The summed E-state index contributed by atoms with van der Waals surface area (Å²) in [6.45, 7) is -0.540. The van der Waals surface area contributed by atoms with Gasteiger partial charge in [0.05, 0.1) is 17.6 Å². The topological polar surface area (TPSA) is 108 Å². The number of rotatable bonds is 6. The molecule has 2 rings (SSSR count). The van der Waals surface area contributed by atoms with Crippen LogP contribution in [0.2, 0.25) is 5.02 Å². The molecule has 0 heterocycles. The number of esters is 1. The van der Waals surface area contributed by atoms with Crippen LogP contribution < -0.4 is 10.1 Å². The van der Waals surface area contributed by atoms with Crippen LogP contribution in [0.15, 0.2) is 42.5 Å². The second-order valence-corrected chi connectivity index (χ2v) is 5.18. The number of nitrogens with one attached hydrogen (secondary N) is 1. The van der Waals surface area contributed by atoms with Crippen molar-refractivity contribution < 1.29 is 24.0 Å². The molecule has 8 nitrogen and oxygen atoms in total. The monoisotopic (exact) mass is 364 g/mol. The molecule has 0 bridgehead atoms. The summed E-state index contributed by atoms with van der Waals surface area (Å²) in [5, 5.41) is 13.2. The molecular formula is C16H13ClN2O6. The standard InChI is InChI=1S/C16H13ClN2O6/c1-24-12-5-2-10(3-6-12)16(21)25-9-15(20)18-11-4-7-13(17)14(8-11)19(22)23/h2-8H,9H2,1H3,(H,18,20). The Morgan fingerprint density at radius 1 is 1.20 bits per heavy atom. The minimum absolute atomic E-state index is 0.0473. The van der Waals surface area contributed by atoms with E-state index in [0.29, 0.717) is 5.75 Å². The first-order valence-electron chi connectivity index (χ1n) is 6.95. The summed E-state index contributed by atoms with van der Waals surface area (Å²) in [4.78, 5) is 33.8. The van der Waals surface area contributed by atoms with Crippen LogP contribution in [-0.2, 0) is 9.53 Å². The molecule has 0 aliphatic carbocycles. The highest BCUT2D eigenvalue weighted by Gasteiger charge is 2.15. The van der Waals surface area contributed by atoms with E-state index in [2.05, 4.69) is 5.32 Å². The molecule has 0 atom stereocenters. The number of halogens is 1. The third-order valence-corrected chi connectivity index (χ3v) is 3.41. The second kappa shape index (κ2) is 8.11. The average Bonchev–Trinajstić information content (AvgIpc) is 2.61. The number of anilines is 1. The summed E-state index contributed by atoms with van der Waals surface area (Å²) < 4.78 is 9.86. The Morgan fingerprint density at radius 2 is 1.88 bits per heavy atom. The number of carbonyl (C=O) groups is 2. The number of ether oxygens (including phenoxy) is 2. The van der Waals surface area contributed by atoms with Gasteiger partial charge in [-0.15, -0.1) is 0 Å². The SMILES string of the molecule is COc1ccc(C(=O)OCC(=O)Nc2ccc(Cl)c([N+](=O)[O-])c2)cc1. The number of nitro groups is 1. The normalized spacial score (nSPS) is 10.0. The maximum Gasteiger partial charge on any atom is 0.338 e. The number of amides is 1. The lowest BCUT2D eigenvalue weighted by atomic mass is 10.2. The molecule has 0 spiro atoms. The summed E-state index contributed by atoms with van der Waals surface area (Å²) in [6.07, 6.45) is 0. The smallest absolute Gasteiger partial charge is 0.338 e. The van der Waals surface area contributed by atoms with Crippen LogP contribution >= 0.6 is 11.6 Å². The maximum atomic E-state index is 11.8. The van der Waals surface area contributed by atoms with E-state index in [1.54, 1.807) is 12.1 Å². The van der Waals surface area contributed by atoms with Gasteiger partial charge < -0.3 is 14.8 Å². The molecule has 2 aromatic carbocycles. The van der Waals surface area contributed by atoms with Crippen LogP contribution in [0.25, 0.3) is 0 Å². The van der Waals surface area contributed by atoms with Crippen molar-refractivity contribution in [2.75, 3.05) is 19.0 Å². The lowest BCUT2D eigenvalue weighted by Crippen LogP contribution is -2.21. The van der Waals surface area contributed by atoms with Gasteiger partial charge in [0.1, 0.15) is 10.8 Å². The van der Waals surface area contributed by atoms with Gasteiger partial charge in [0, 0.05) is 11.8 Å². The second-order valence-electron chi connectivity index (χ2n) is 4.78. The first kappa shape index (κ1) is 18.2. The number of nitrogens with zero attached hydrogens (tertiary/aromatic N) is 1. The first-order chi connectivity index (χ1) is 11.9. The fraction of sp³-hybridized carbons (Fsp3) is 0.125. The molecule has 0 saturated carbocycles. The zero-order valence-electron chi connectivity index (χ0n) is 13.0. The fourth-order valence-electron chi connectivity index (χ4n) is 1.87. The highest BCUT2D eigenvalue weighted by molar-refractivity contribution is 6.32. The molecule has 0 aromatic heterocycles. The zero-order valence-corrected chi connectivity index (χ0v) is 13.8. The van der Waals surface area contributed by atoms with E-state index in [-0.39, 0.29) is 22.0 Å². The highest BCUT2D eigenvalue weighted by Crippen LogP contribution is 2.27. The van der Waals surface area contributed by atoms with Crippen molar-refractivity contribution in [3.8, 4) is 5.75 Å². The van der Waals surface area contributed by atoms with Gasteiger partial charge in [-0.2, -0.15) is 0 Å². The largest absolute Gasteiger partial charge is 0.497 e. The summed E-state index contributed by atoms with van der Waals surface area (Å²) >= 11 is 5.69. The number of nitro benzene ring substituents is 1. The van der Waals surface area contributed by atoms with E-state index >= 15 is 0 Å². The molecule has 9 heteroatoms. The Hall–Kier alpha value is -3.13. The summed E-state index contributed by atoms with van der Waals surface area (Å²) in [6, 6.07) is 9.99. The van der Waals surface area contributed by atoms with Crippen LogP contribution in [0.3, 0.4) is 0 Å². The van der Waals surface area contributed by atoms with Gasteiger partial charge in [0.2, 0.25) is 0 Å². The molecular weight excluding hydrogens is 352 g/mol. The van der Waals surface area contributed by atoms with Gasteiger partial charge in [0.25, 0.3) is 11.6 Å². The number of methoxy groups -OCH3 is 1. The van der Waals surface area contributed by atoms with Crippen molar-refractivity contribution in [3.63, 3.8) is 0 Å². The quantitative estimate of drug-likeness (QED) is 0.479. The Kier molecular flexibility index (Phi) is 5.91. The summed E-state index contributed by atoms with van der Waals surface area (Å²) in [7, 11) is 1.50. The molecule has 130 valence electrons. The van der Waals surface area contributed by atoms with Gasteiger partial charge in [-0.05, 0) is 36.4 Å². The van der Waals surface area contributed by atoms with E-state index in [1.165, 1.54) is 31.4 Å². The Bertz CT molecular complexity index is 807. The molecule has 0 unspecified atom stereocenters. The van der Waals surface area contributed by atoms with Gasteiger partial charge in [0.15, 0.2) is 6.61 Å². The van der Waals surface area contributed by atoms with Gasteiger partial charge in [-0.1, -0.05) is 11.6 Å². The van der Waals surface area contributed by atoms with Gasteiger partial charge >= 0.3 is 5.97 Å². The molecule has 0 saturated heterocycles. The molecule has 0 aliphatic rings. The summed E-state index contributed by atoms with van der Waals surface area (Å²) in [5.74, 6) is -0.739. The first-order valence-corrected chi connectivity index (χ1v) is 7.33. The predicted molar refractivity (Wildman–Crippen MR) is 90.0 cm³/mol. The lowest BCUT2D eigenvalue weighted by molar-refractivity contribution is -0.384. The van der Waals surface area contributed by atoms with E-state index in [0.717, 1.165) is 6.07 Å². The van der Waals surface area contributed by atoms with Crippen LogP contribution in [0, 0.1) is 10.1 Å². The average molecular weight is 365 g/mol. The molecule has 1 amide bonds. The van der Waals surface area contributed by atoms with Gasteiger partial charge in [-0.25, -0.2) is 4.79 Å². The molecule has 0 fully saturated rings. The molecule has 1 N–H and O–H groups in total. The molecule has 0 radical (unpaired) electrons. The van der Waals surface area contributed by atoms with Crippen molar-refractivity contribution in [2.24, 2.45) is 0 Å². The molecule has 0 aliphatic heterocycles. The summed E-state index contributed by atoms with van der Waals surface area (Å²) in [5.41, 5.74) is 0.0898. The van der Waals surface area contributed by atoms with E-state index in [9.17, 15) is 19.7 Å². The highest BCUT2D eigenvalue weighted by atomic mass is 35.5. The molecule has 2 aromatic rings. The van der Waals surface area contributed by atoms with Crippen molar-refractivity contribution in [1.82, 2.24) is 0 Å². The minimum Gasteiger partial charge on any atom is -0.497 e. The van der Waals surface area contributed by atoms with Crippen molar-refractivity contribution in [2.45, 2.75) is 0 Å². The Labute approximate surface area is 147 Å². The van der Waals surface area contributed by atoms with Gasteiger partial charge in [-0.3, -0.25) is 14.9 Å². The number of benzene rings is 2. The molecule has 25 heavy (non-hydrogen) atoms. The van der Waals surface area contributed by atoms with Crippen molar-refractivity contribution in [3.05, 3.63) is 63.2 Å². The van der Waals surface area contributed by atoms with E-state index < -0.39 is 23.4 Å². The minimum atomic E-state index is -0.681. The predicted octanol–water partition coefficient (Wildman–Crippen LogP) is 3.05. The number of hydrogen-bond acceptors (Lipinski definition) is 6. The van der Waals surface area contributed by atoms with Crippen LogP contribution in [-0.4, -0.2) is 30.5 Å². The Balaban J connectivity index is 1.93. The zero-order chi connectivity index (χ0) is 18.4. The van der Waals surface area contributed by atoms with E-state index in [1.807, 2.05) is 0 Å². The van der Waals surface area contributed by atoms with Crippen LogP contribution in [0.4, 0.5) is 11.4 Å². The van der Waals surface area contributed by atoms with Crippen molar-refractivity contribution >= 4 is 34.9 Å². The van der Waals surface area contributed by atoms with Crippen LogP contribution in [0.1, 0.15) is 10.4 Å². The number of hydrogen-bond donors (Lipinski definition) is 1. The third-order valence-electron chi connectivity index (χ3n) is 3.09. The van der Waals surface area contributed by atoms with E-state index in [4.69, 9.17) is 21.1 Å². The fourth-order valence-corrected chi connectivity index (χ4v) is 2.06. The number of carbonyl (C=O) groups excluding carboxylic acids is 2.